The molecule has 3 rings (SSSR count). The van der Waals surface area contributed by atoms with Crippen LogP contribution >= 0.6 is 34.4 Å². The SMILES string of the molecule is CSc1nccc(-c2nc(I)c3ccccn23)n1. The molecular formula is C12H9IN4S. The summed E-state index contributed by atoms with van der Waals surface area (Å²) in [5.74, 6) is 0.854. The molecule has 0 N–H and O–H groups in total. The highest BCUT2D eigenvalue weighted by Crippen LogP contribution is 2.23. The minimum absolute atomic E-state index is 0.759. The maximum Gasteiger partial charge on any atom is 0.187 e. The van der Waals surface area contributed by atoms with Crippen molar-refractivity contribution in [1.82, 2.24) is 19.4 Å². The lowest BCUT2D eigenvalue weighted by Crippen LogP contribution is -1.93. The number of hydrogen-bond donors (Lipinski definition) is 0. The summed E-state index contributed by atoms with van der Waals surface area (Å²) in [5, 5.41) is 0.759. The van der Waals surface area contributed by atoms with Gasteiger partial charge in [0, 0.05) is 12.4 Å². The monoisotopic (exact) mass is 368 g/mol. The number of halogens is 1. The highest BCUT2D eigenvalue weighted by atomic mass is 127. The van der Waals surface area contributed by atoms with Gasteiger partial charge in [-0.15, -0.1) is 0 Å². The van der Waals surface area contributed by atoms with E-state index in [1.807, 2.05) is 35.1 Å². The van der Waals surface area contributed by atoms with Crippen molar-refractivity contribution in [3.05, 3.63) is 40.4 Å². The Hall–Kier alpha value is -1.15. The van der Waals surface area contributed by atoms with Crippen LogP contribution in [-0.2, 0) is 0 Å². The van der Waals surface area contributed by atoms with Gasteiger partial charge in [0.2, 0.25) is 0 Å². The molecule has 18 heavy (non-hydrogen) atoms. The molecule has 0 atom stereocenters. The molecule has 0 radical (unpaired) electrons. The summed E-state index contributed by atoms with van der Waals surface area (Å²) < 4.78 is 3.03. The van der Waals surface area contributed by atoms with Gasteiger partial charge in [-0.05, 0) is 47.0 Å². The number of imidazole rings is 1. The van der Waals surface area contributed by atoms with Crippen LogP contribution in [0.3, 0.4) is 0 Å². The van der Waals surface area contributed by atoms with Crippen LogP contribution < -0.4 is 0 Å². The summed E-state index contributed by atoms with van der Waals surface area (Å²) in [5.41, 5.74) is 1.94. The maximum absolute atomic E-state index is 4.59. The van der Waals surface area contributed by atoms with Gasteiger partial charge in [0.15, 0.2) is 11.0 Å². The van der Waals surface area contributed by atoms with E-state index < -0.39 is 0 Å². The van der Waals surface area contributed by atoms with Crippen LogP contribution in [-0.4, -0.2) is 25.6 Å². The fourth-order valence-corrected chi connectivity index (χ4v) is 2.77. The Bertz CT molecular complexity index is 710. The third-order valence-corrected chi connectivity index (χ3v) is 3.90. The Morgan fingerprint density at radius 3 is 2.94 bits per heavy atom. The van der Waals surface area contributed by atoms with Gasteiger partial charge >= 0.3 is 0 Å². The average molecular weight is 368 g/mol. The molecule has 90 valence electrons. The van der Waals surface area contributed by atoms with E-state index in [4.69, 9.17) is 0 Å². The van der Waals surface area contributed by atoms with E-state index >= 15 is 0 Å². The van der Waals surface area contributed by atoms with Crippen LogP contribution in [0.25, 0.3) is 17.0 Å². The molecule has 0 unspecified atom stereocenters. The molecule has 6 heteroatoms. The summed E-state index contributed by atoms with van der Waals surface area (Å²) >= 11 is 3.77. The van der Waals surface area contributed by atoms with Crippen molar-refractivity contribution in [3.8, 4) is 11.5 Å². The molecule has 0 bridgehead atoms. The Morgan fingerprint density at radius 1 is 1.22 bits per heavy atom. The van der Waals surface area contributed by atoms with E-state index in [1.54, 1.807) is 6.20 Å². The molecule has 0 saturated heterocycles. The fraction of sp³-hybridized carbons (Fsp3) is 0.0833. The largest absolute Gasteiger partial charge is 0.297 e. The van der Waals surface area contributed by atoms with E-state index in [1.165, 1.54) is 11.8 Å². The lowest BCUT2D eigenvalue weighted by Gasteiger charge is -2.01. The van der Waals surface area contributed by atoms with Crippen LogP contribution in [0.1, 0.15) is 0 Å². The molecule has 3 aromatic rings. The van der Waals surface area contributed by atoms with Crippen molar-refractivity contribution < 1.29 is 0 Å². The first kappa shape index (κ1) is 11.9. The smallest absolute Gasteiger partial charge is 0.187 e. The molecule has 0 fully saturated rings. The number of thioether (sulfide) groups is 1. The number of fused-ring (bicyclic) bond motifs is 1. The number of rotatable bonds is 2. The topological polar surface area (TPSA) is 43.1 Å². The highest BCUT2D eigenvalue weighted by Gasteiger charge is 2.11. The molecular weight excluding hydrogens is 359 g/mol. The first-order valence-corrected chi connectivity index (χ1v) is 7.60. The second-order valence-corrected chi connectivity index (χ2v) is 5.41. The molecule has 3 heterocycles. The van der Waals surface area contributed by atoms with E-state index in [0.717, 1.165) is 25.9 Å². The minimum Gasteiger partial charge on any atom is -0.297 e. The van der Waals surface area contributed by atoms with Gasteiger partial charge in [-0.2, -0.15) is 0 Å². The zero-order valence-corrected chi connectivity index (χ0v) is 12.5. The average Bonchev–Trinajstić information content (AvgIpc) is 2.77. The van der Waals surface area contributed by atoms with Gasteiger partial charge in [-0.3, -0.25) is 4.40 Å². The lowest BCUT2D eigenvalue weighted by molar-refractivity contribution is 0.960. The van der Waals surface area contributed by atoms with Crippen molar-refractivity contribution in [2.45, 2.75) is 5.16 Å². The quantitative estimate of drug-likeness (QED) is 0.396. The second kappa shape index (κ2) is 4.85. The van der Waals surface area contributed by atoms with Crippen molar-refractivity contribution in [2.24, 2.45) is 0 Å². The van der Waals surface area contributed by atoms with Crippen molar-refractivity contribution in [2.75, 3.05) is 6.26 Å². The van der Waals surface area contributed by atoms with E-state index in [0.29, 0.717) is 0 Å². The van der Waals surface area contributed by atoms with Crippen molar-refractivity contribution in [3.63, 3.8) is 0 Å². The second-order valence-electron chi connectivity index (χ2n) is 3.61. The highest BCUT2D eigenvalue weighted by molar-refractivity contribution is 14.1. The molecule has 0 aromatic carbocycles. The molecule has 4 nitrogen and oxygen atoms in total. The fourth-order valence-electron chi connectivity index (χ4n) is 1.74. The summed E-state index contributed by atoms with van der Waals surface area (Å²) in [6.45, 7) is 0. The molecule has 0 amide bonds. The zero-order chi connectivity index (χ0) is 12.5. The first-order valence-electron chi connectivity index (χ1n) is 5.29. The normalized spacial score (nSPS) is 11.0. The van der Waals surface area contributed by atoms with Crippen LogP contribution in [0, 0.1) is 3.70 Å². The lowest BCUT2D eigenvalue weighted by atomic mass is 10.4. The van der Waals surface area contributed by atoms with Gasteiger partial charge in [0.1, 0.15) is 9.39 Å². The van der Waals surface area contributed by atoms with Crippen LogP contribution in [0.4, 0.5) is 0 Å². The third kappa shape index (κ3) is 1.99. The number of hydrogen-bond acceptors (Lipinski definition) is 4. The Kier molecular flexibility index (Phi) is 3.21. The van der Waals surface area contributed by atoms with E-state index in [2.05, 4.69) is 43.6 Å². The van der Waals surface area contributed by atoms with Crippen LogP contribution in [0.15, 0.2) is 41.8 Å². The van der Waals surface area contributed by atoms with E-state index in [-0.39, 0.29) is 0 Å². The molecule has 0 saturated carbocycles. The molecule has 0 aliphatic heterocycles. The van der Waals surface area contributed by atoms with Crippen molar-refractivity contribution >= 4 is 39.9 Å². The maximum atomic E-state index is 4.59. The van der Waals surface area contributed by atoms with E-state index in [9.17, 15) is 0 Å². The number of aromatic nitrogens is 4. The molecule has 0 aliphatic carbocycles. The van der Waals surface area contributed by atoms with Gasteiger partial charge < -0.3 is 0 Å². The van der Waals surface area contributed by atoms with Crippen LogP contribution in [0.5, 0.6) is 0 Å². The molecule has 0 spiro atoms. The Labute approximate surface area is 122 Å². The molecule has 3 aromatic heterocycles. The standard InChI is InChI=1S/C12H9IN4S/c1-18-12-14-6-5-8(15-12)11-16-10(13)9-4-2-3-7-17(9)11/h2-7H,1H3. The molecule has 0 aliphatic rings. The summed E-state index contributed by atoms with van der Waals surface area (Å²) in [6, 6.07) is 7.94. The number of nitrogens with zero attached hydrogens (tertiary/aromatic N) is 4. The van der Waals surface area contributed by atoms with Gasteiger partial charge in [-0.25, -0.2) is 15.0 Å². The van der Waals surface area contributed by atoms with Gasteiger partial charge in [0.25, 0.3) is 0 Å². The Balaban J connectivity index is 2.25. The Morgan fingerprint density at radius 2 is 2.11 bits per heavy atom. The predicted molar refractivity (Wildman–Crippen MR) is 80.7 cm³/mol. The predicted octanol–water partition coefficient (Wildman–Crippen LogP) is 3.12. The third-order valence-electron chi connectivity index (χ3n) is 2.55. The minimum atomic E-state index is 0.759. The first-order chi connectivity index (χ1) is 8.79. The summed E-state index contributed by atoms with van der Waals surface area (Å²) in [6.07, 6.45) is 5.73. The number of pyridine rings is 1. The summed E-state index contributed by atoms with van der Waals surface area (Å²) in [7, 11) is 0. The van der Waals surface area contributed by atoms with Crippen molar-refractivity contribution in [1.29, 1.82) is 0 Å². The summed E-state index contributed by atoms with van der Waals surface area (Å²) in [4.78, 5) is 13.3. The zero-order valence-electron chi connectivity index (χ0n) is 9.54. The van der Waals surface area contributed by atoms with Crippen LogP contribution in [0.2, 0.25) is 0 Å². The van der Waals surface area contributed by atoms with Gasteiger partial charge in [0.05, 0.1) is 5.52 Å². The van der Waals surface area contributed by atoms with Gasteiger partial charge in [-0.1, -0.05) is 17.8 Å².